The van der Waals surface area contributed by atoms with Crippen LogP contribution in [0.2, 0.25) is 10.0 Å². The molecule has 0 saturated carbocycles. The van der Waals surface area contributed by atoms with Crippen molar-refractivity contribution in [2.75, 3.05) is 18.9 Å². The maximum absolute atomic E-state index is 11.7. The third kappa shape index (κ3) is 6.18. The Hall–Kier alpha value is -1.36. The molecule has 0 aliphatic rings. The number of ether oxygens (including phenoxy) is 1. The summed E-state index contributed by atoms with van der Waals surface area (Å²) in [4.78, 5) is 12.9. The molecule has 0 spiro atoms. The van der Waals surface area contributed by atoms with Crippen LogP contribution in [-0.4, -0.2) is 24.8 Å². The molecule has 0 heterocycles. The summed E-state index contributed by atoms with van der Waals surface area (Å²) < 4.78 is 5.36. The third-order valence-corrected chi connectivity index (χ3v) is 4.09. The van der Waals surface area contributed by atoms with E-state index in [0.29, 0.717) is 22.3 Å². The first-order chi connectivity index (χ1) is 10.6. The minimum atomic E-state index is -0.176. The zero-order valence-corrected chi connectivity index (χ0v) is 14.0. The van der Waals surface area contributed by atoms with E-state index in [2.05, 4.69) is 5.32 Å². The number of benzene rings is 2. The molecule has 1 amide bonds. The van der Waals surface area contributed by atoms with Crippen LogP contribution in [0, 0.1) is 0 Å². The molecule has 0 atom stereocenters. The molecule has 0 radical (unpaired) electrons. The van der Waals surface area contributed by atoms with Crippen molar-refractivity contribution in [1.29, 1.82) is 0 Å². The van der Waals surface area contributed by atoms with Crippen molar-refractivity contribution in [3.63, 3.8) is 0 Å². The summed E-state index contributed by atoms with van der Waals surface area (Å²) in [6, 6.07) is 14.9. The third-order valence-electron chi connectivity index (χ3n) is 2.64. The predicted molar refractivity (Wildman–Crippen MR) is 92.1 cm³/mol. The number of hydrogen-bond acceptors (Lipinski definition) is 3. The highest BCUT2D eigenvalue weighted by atomic mass is 35.5. The Morgan fingerprint density at radius 1 is 1.09 bits per heavy atom. The number of carbonyl (C=O) groups excluding carboxylic acids is 1. The van der Waals surface area contributed by atoms with Crippen LogP contribution in [0.4, 0.5) is 0 Å². The molecular weight excluding hydrogens is 341 g/mol. The SMILES string of the molecule is O=C(COc1cc(Cl)cc(Cl)c1)NCCSc1ccccc1. The van der Waals surface area contributed by atoms with Gasteiger partial charge in [-0.1, -0.05) is 41.4 Å². The number of nitrogens with one attached hydrogen (secondary N) is 1. The van der Waals surface area contributed by atoms with Crippen molar-refractivity contribution in [2.45, 2.75) is 4.90 Å². The molecule has 2 aromatic carbocycles. The van der Waals surface area contributed by atoms with E-state index in [1.807, 2.05) is 30.3 Å². The van der Waals surface area contributed by atoms with E-state index in [9.17, 15) is 4.79 Å². The fourth-order valence-corrected chi connectivity index (χ4v) is 2.98. The Kier molecular flexibility index (Phi) is 6.90. The van der Waals surface area contributed by atoms with Gasteiger partial charge in [0, 0.05) is 27.2 Å². The second-order valence-corrected chi connectivity index (χ2v) is 6.45. The predicted octanol–water partition coefficient (Wildman–Crippen LogP) is 4.28. The molecule has 3 nitrogen and oxygen atoms in total. The molecule has 2 rings (SSSR count). The summed E-state index contributed by atoms with van der Waals surface area (Å²) in [7, 11) is 0. The summed E-state index contributed by atoms with van der Waals surface area (Å²) in [5, 5.41) is 3.75. The number of halogens is 2. The monoisotopic (exact) mass is 355 g/mol. The van der Waals surface area contributed by atoms with Gasteiger partial charge in [0.2, 0.25) is 0 Å². The molecular formula is C16H15Cl2NO2S. The van der Waals surface area contributed by atoms with E-state index in [1.54, 1.807) is 30.0 Å². The van der Waals surface area contributed by atoms with Crippen LogP contribution in [-0.2, 0) is 4.79 Å². The summed E-state index contributed by atoms with van der Waals surface area (Å²) in [5.74, 6) is 1.11. The van der Waals surface area contributed by atoms with E-state index in [-0.39, 0.29) is 12.5 Å². The number of carbonyl (C=O) groups is 1. The van der Waals surface area contributed by atoms with Crippen molar-refractivity contribution in [1.82, 2.24) is 5.32 Å². The molecule has 0 saturated heterocycles. The van der Waals surface area contributed by atoms with Gasteiger partial charge >= 0.3 is 0 Å². The van der Waals surface area contributed by atoms with Crippen molar-refractivity contribution in [3.8, 4) is 5.75 Å². The molecule has 2 aromatic rings. The Bertz CT molecular complexity index is 603. The highest BCUT2D eigenvalue weighted by Gasteiger charge is 2.04. The minimum absolute atomic E-state index is 0.0628. The van der Waals surface area contributed by atoms with E-state index in [1.165, 1.54) is 4.90 Å². The Balaban J connectivity index is 1.65. The molecule has 0 unspecified atom stereocenters. The van der Waals surface area contributed by atoms with Crippen LogP contribution in [0.3, 0.4) is 0 Å². The maximum Gasteiger partial charge on any atom is 0.257 e. The average molecular weight is 356 g/mol. The summed E-state index contributed by atoms with van der Waals surface area (Å²) in [6.45, 7) is 0.519. The first-order valence-corrected chi connectivity index (χ1v) is 8.41. The number of hydrogen-bond donors (Lipinski definition) is 1. The highest BCUT2D eigenvalue weighted by molar-refractivity contribution is 7.99. The smallest absolute Gasteiger partial charge is 0.257 e. The van der Waals surface area contributed by atoms with Gasteiger partial charge in [-0.25, -0.2) is 0 Å². The van der Waals surface area contributed by atoms with E-state index < -0.39 is 0 Å². The van der Waals surface area contributed by atoms with Crippen molar-refractivity contribution in [3.05, 3.63) is 58.6 Å². The maximum atomic E-state index is 11.7. The zero-order valence-electron chi connectivity index (χ0n) is 11.7. The van der Waals surface area contributed by atoms with Crippen LogP contribution in [0.25, 0.3) is 0 Å². The van der Waals surface area contributed by atoms with Crippen molar-refractivity contribution >= 4 is 40.9 Å². The lowest BCUT2D eigenvalue weighted by Gasteiger charge is -2.08. The zero-order chi connectivity index (χ0) is 15.8. The van der Waals surface area contributed by atoms with Crippen molar-refractivity contribution in [2.24, 2.45) is 0 Å². The standard InChI is InChI=1S/C16H15Cl2NO2S/c17-12-8-13(18)10-14(9-12)21-11-16(20)19-6-7-22-15-4-2-1-3-5-15/h1-5,8-10H,6-7,11H2,(H,19,20). The van der Waals surface area contributed by atoms with E-state index in [0.717, 1.165) is 5.75 Å². The quantitative estimate of drug-likeness (QED) is 0.594. The lowest BCUT2D eigenvalue weighted by molar-refractivity contribution is -0.122. The van der Waals surface area contributed by atoms with Crippen LogP contribution in [0.1, 0.15) is 0 Å². The van der Waals surface area contributed by atoms with Crippen molar-refractivity contribution < 1.29 is 9.53 Å². The fraction of sp³-hybridized carbons (Fsp3) is 0.188. The second kappa shape index (κ2) is 8.93. The number of amides is 1. The topological polar surface area (TPSA) is 38.3 Å². The Labute approximate surface area is 144 Å². The summed E-state index contributed by atoms with van der Waals surface area (Å²) >= 11 is 13.4. The molecule has 0 aliphatic carbocycles. The molecule has 116 valence electrons. The molecule has 6 heteroatoms. The van der Waals surface area contributed by atoms with Crippen LogP contribution >= 0.6 is 35.0 Å². The van der Waals surface area contributed by atoms with Gasteiger partial charge in [-0.3, -0.25) is 4.79 Å². The molecule has 22 heavy (non-hydrogen) atoms. The van der Waals surface area contributed by atoms with Gasteiger partial charge in [0.15, 0.2) is 6.61 Å². The van der Waals surface area contributed by atoms with Crippen LogP contribution in [0.5, 0.6) is 5.75 Å². The van der Waals surface area contributed by atoms with Gasteiger partial charge in [0.25, 0.3) is 5.91 Å². The minimum Gasteiger partial charge on any atom is -0.484 e. The lowest BCUT2D eigenvalue weighted by Crippen LogP contribution is -2.30. The summed E-state index contributed by atoms with van der Waals surface area (Å²) in [6.07, 6.45) is 0. The van der Waals surface area contributed by atoms with Gasteiger partial charge in [-0.05, 0) is 30.3 Å². The largest absolute Gasteiger partial charge is 0.484 e. The second-order valence-electron chi connectivity index (χ2n) is 4.41. The number of rotatable bonds is 7. The molecule has 0 aromatic heterocycles. The van der Waals surface area contributed by atoms with Gasteiger partial charge < -0.3 is 10.1 Å². The van der Waals surface area contributed by atoms with Crippen LogP contribution in [0.15, 0.2) is 53.4 Å². The van der Waals surface area contributed by atoms with Gasteiger partial charge in [-0.2, -0.15) is 0 Å². The Morgan fingerprint density at radius 3 is 2.45 bits per heavy atom. The fourth-order valence-electron chi connectivity index (χ4n) is 1.69. The van der Waals surface area contributed by atoms with Gasteiger partial charge in [0.05, 0.1) is 0 Å². The van der Waals surface area contributed by atoms with E-state index >= 15 is 0 Å². The Morgan fingerprint density at radius 2 is 1.77 bits per heavy atom. The van der Waals surface area contributed by atoms with Gasteiger partial charge in [0.1, 0.15) is 5.75 Å². The van der Waals surface area contributed by atoms with E-state index in [4.69, 9.17) is 27.9 Å². The average Bonchev–Trinajstić information content (AvgIpc) is 2.50. The van der Waals surface area contributed by atoms with Gasteiger partial charge in [-0.15, -0.1) is 11.8 Å². The number of thioether (sulfide) groups is 1. The van der Waals surface area contributed by atoms with Crippen LogP contribution < -0.4 is 10.1 Å². The molecule has 0 fully saturated rings. The summed E-state index contributed by atoms with van der Waals surface area (Å²) in [5.41, 5.74) is 0. The molecule has 0 aliphatic heterocycles. The lowest BCUT2D eigenvalue weighted by atomic mass is 10.3. The highest BCUT2D eigenvalue weighted by Crippen LogP contribution is 2.24. The molecule has 1 N–H and O–H groups in total. The first-order valence-electron chi connectivity index (χ1n) is 6.67. The first kappa shape index (κ1) is 17.0. The molecule has 0 bridgehead atoms. The normalized spacial score (nSPS) is 10.3.